The lowest BCUT2D eigenvalue weighted by Crippen LogP contribution is -2.04. The van der Waals surface area contributed by atoms with E-state index in [0.717, 1.165) is 18.7 Å². The van der Waals surface area contributed by atoms with Crippen LogP contribution in [0.3, 0.4) is 0 Å². The van der Waals surface area contributed by atoms with Crippen LogP contribution in [-0.4, -0.2) is 21.4 Å². The average Bonchev–Trinajstić information content (AvgIpc) is 2.88. The van der Waals surface area contributed by atoms with Gasteiger partial charge >= 0.3 is 0 Å². The van der Waals surface area contributed by atoms with Gasteiger partial charge < -0.3 is 4.74 Å². The smallest absolute Gasteiger partial charge is 0.137 e. The number of rotatable bonds is 5. The third-order valence-corrected chi connectivity index (χ3v) is 2.25. The van der Waals surface area contributed by atoms with Crippen LogP contribution in [-0.2, 0) is 6.54 Å². The van der Waals surface area contributed by atoms with E-state index in [1.54, 1.807) is 35.3 Å². The molecule has 2 aromatic rings. The Morgan fingerprint density at radius 2 is 2.12 bits per heavy atom. The minimum atomic E-state index is 0.617. The number of nitrogens with zero attached hydrogens (tertiary/aromatic N) is 4. The highest BCUT2D eigenvalue weighted by atomic mass is 16.5. The van der Waals surface area contributed by atoms with Crippen LogP contribution < -0.4 is 4.74 Å². The summed E-state index contributed by atoms with van der Waals surface area (Å²) in [4.78, 5) is 3.86. The molecule has 0 radical (unpaired) electrons. The first-order chi connectivity index (χ1) is 8.38. The van der Waals surface area contributed by atoms with E-state index in [1.807, 2.05) is 0 Å². The van der Waals surface area contributed by atoms with Gasteiger partial charge in [-0.05, 0) is 24.3 Å². The standard InChI is InChI=1S/C12H12N4O/c13-8-11-2-4-12(5-3-11)17-7-1-6-16-10-14-9-15-16/h2-5,9-10H,1,6-7H2. The maximum absolute atomic E-state index is 8.64. The van der Waals surface area contributed by atoms with E-state index in [0.29, 0.717) is 12.2 Å². The molecule has 0 saturated heterocycles. The van der Waals surface area contributed by atoms with Crippen LogP contribution in [0, 0.1) is 11.3 Å². The summed E-state index contributed by atoms with van der Waals surface area (Å²) in [6, 6.07) is 9.15. The molecule has 0 saturated carbocycles. The van der Waals surface area contributed by atoms with Crippen LogP contribution >= 0.6 is 0 Å². The van der Waals surface area contributed by atoms with Crippen LogP contribution in [0.15, 0.2) is 36.9 Å². The summed E-state index contributed by atoms with van der Waals surface area (Å²) in [7, 11) is 0. The van der Waals surface area contributed by atoms with Crippen LogP contribution in [0.4, 0.5) is 0 Å². The molecule has 1 aromatic carbocycles. The molecule has 0 aliphatic carbocycles. The number of hydrogen-bond donors (Lipinski definition) is 0. The molecule has 1 heterocycles. The maximum Gasteiger partial charge on any atom is 0.137 e. The predicted molar refractivity (Wildman–Crippen MR) is 61.3 cm³/mol. The van der Waals surface area contributed by atoms with Gasteiger partial charge in [0.25, 0.3) is 0 Å². The van der Waals surface area contributed by atoms with E-state index in [1.165, 1.54) is 6.33 Å². The molecule has 0 bridgehead atoms. The van der Waals surface area contributed by atoms with Gasteiger partial charge in [0.1, 0.15) is 18.4 Å². The van der Waals surface area contributed by atoms with Gasteiger partial charge in [0.15, 0.2) is 0 Å². The van der Waals surface area contributed by atoms with Crippen molar-refractivity contribution in [3.05, 3.63) is 42.5 Å². The zero-order valence-electron chi connectivity index (χ0n) is 9.28. The highest BCUT2D eigenvalue weighted by Crippen LogP contribution is 2.11. The van der Waals surface area contributed by atoms with Crippen molar-refractivity contribution < 1.29 is 4.74 Å². The monoisotopic (exact) mass is 228 g/mol. The summed E-state index contributed by atoms with van der Waals surface area (Å²) in [6.07, 6.45) is 4.06. The van der Waals surface area contributed by atoms with Gasteiger partial charge in [-0.1, -0.05) is 0 Å². The average molecular weight is 228 g/mol. The molecule has 86 valence electrons. The summed E-state index contributed by atoms with van der Waals surface area (Å²) in [5.41, 5.74) is 0.639. The third kappa shape index (κ3) is 3.31. The molecule has 2 rings (SSSR count). The third-order valence-electron chi connectivity index (χ3n) is 2.25. The fourth-order valence-electron chi connectivity index (χ4n) is 1.39. The van der Waals surface area contributed by atoms with Crippen molar-refractivity contribution in [2.45, 2.75) is 13.0 Å². The Hall–Kier alpha value is -2.35. The zero-order chi connectivity index (χ0) is 11.9. The van der Waals surface area contributed by atoms with E-state index in [9.17, 15) is 0 Å². The number of benzene rings is 1. The fourth-order valence-corrected chi connectivity index (χ4v) is 1.39. The second-order valence-corrected chi connectivity index (χ2v) is 3.50. The lowest BCUT2D eigenvalue weighted by molar-refractivity contribution is 0.298. The molecule has 0 fully saturated rings. The summed E-state index contributed by atoms with van der Waals surface area (Å²) in [5.74, 6) is 0.780. The summed E-state index contributed by atoms with van der Waals surface area (Å²) < 4.78 is 7.30. The first kappa shape index (κ1) is 11.1. The zero-order valence-corrected chi connectivity index (χ0v) is 9.28. The van der Waals surface area contributed by atoms with E-state index in [2.05, 4.69) is 16.2 Å². The Morgan fingerprint density at radius 1 is 1.29 bits per heavy atom. The van der Waals surface area contributed by atoms with E-state index in [-0.39, 0.29) is 0 Å². The largest absolute Gasteiger partial charge is 0.494 e. The first-order valence-electron chi connectivity index (χ1n) is 5.34. The number of hydrogen-bond acceptors (Lipinski definition) is 4. The molecule has 0 N–H and O–H groups in total. The second kappa shape index (κ2) is 5.66. The first-order valence-corrected chi connectivity index (χ1v) is 5.34. The van der Waals surface area contributed by atoms with Gasteiger partial charge in [-0.15, -0.1) is 0 Å². The molecular weight excluding hydrogens is 216 g/mol. The Labute approximate surface area is 99.3 Å². The van der Waals surface area contributed by atoms with Gasteiger partial charge in [-0.25, -0.2) is 4.98 Å². The normalized spacial score (nSPS) is 9.82. The van der Waals surface area contributed by atoms with Crippen molar-refractivity contribution in [2.75, 3.05) is 6.61 Å². The fraction of sp³-hybridized carbons (Fsp3) is 0.250. The molecular formula is C12H12N4O. The highest BCUT2D eigenvalue weighted by Gasteiger charge is 1.95. The molecule has 1 aromatic heterocycles. The topological polar surface area (TPSA) is 63.7 Å². The molecule has 0 amide bonds. The number of aromatic nitrogens is 3. The summed E-state index contributed by atoms with van der Waals surface area (Å²) in [6.45, 7) is 1.40. The van der Waals surface area contributed by atoms with Crippen molar-refractivity contribution in [3.8, 4) is 11.8 Å². The van der Waals surface area contributed by atoms with Crippen molar-refractivity contribution in [3.63, 3.8) is 0 Å². The Morgan fingerprint density at radius 3 is 2.76 bits per heavy atom. The molecule has 0 spiro atoms. The molecule has 17 heavy (non-hydrogen) atoms. The Bertz CT molecular complexity index is 484. The van der Waals surface area contributed by atoms with Crippen LogP contribution in [0.1, 0.15) is 12.0 Å². The lowest BCUT2D eigenvalue weighted by atomic mass is 10.2. The Kier molecular flexibility index (Phi) is 3.71. The number of ether oxygens (including phenoxy) is 1. The van der Waals surface area contributed by atoms with Crippen LogP contribution in [0.2, 0.25) is 0 Å². The second-order valence-electron chi connectivity index (χ2n) is 3.50. The van der Waals surface area contributed by atoms with Crippen molar-refractivity contribution >= 4 is 0 Å². The van der Waals surface area contributed by atoms with Crippen LogP contribution in [0.5, 0.6) is 5.75 Å². The van der Waals surface area contributed by atoms with E-state index >= 15 is 0 Å². The number of aryl methyl sites for hydroxylation is 1. The van der Waals surface area contributed by atoms with Crippen molar-refractivity contribution in [2.24, 2.45) is 0 Å². The summed E-state index contributed by atoms with van der Waals surface area (Å²) in [5, 5.41) is 12.6. The summed E-state index contributed by atoms with van der Waals surface area (Å²) >= 11 is 0. The van der Waals surface area contributed by atoms with Crippen molar-refractivity contribution in [1.29, 1.82) is 5.26 Å². The van der Waals surface area contributed by atoms with Crippen LogP contribution in [0.25, 0.3) is 0 Å². The van der Waals surface area contributed by atoms with Crippen molar-refractivity contribution in [1.82, 2.24) is 14.8 Å². The molecule has 0 atom stereocenters. The quantitative estimate of drug-likeness (QED) is 0.729. The van der Waals surface area contributed by atoms with Gasteiger partial charge in [-0.2, -0.15) is 10.4 Å². The minimum Gasteiger partial charge on any atom is -0.494 e. The van der Waals surface area contributed by atoms with E-state index < -0.39 is 0 Å². The van der Waals surface area contributed by atoms with Gasteiger partial charge in [-0.3, -0.25) is 4.68 Å². The number of nitriles is 1. The SMILES string of the molecule is N#Cc1ccc(OCCCn2cncn2)cc1. The lowest BCUT2D eigenvalue weighted by Gasteiger charge is -2.05. The maximum atomic E-state index is 8.64. The molecule has 5 nitrogen and oxygen atoms in total. The molecule has 0 aliphatic rings. The van der Waals surface area contributed by atoms with Gasteiger partial charge in [0, 0.05) is 13.0 Å². The molecule has 5 heteroatoms. The highest BCUT2D eigenvalue weighted by molar-refractivity contribution is 5.34. The van der Waals surface area contributed by atoms with Gasteiger partial charge in [0.2, 0.25) is 0 Å². The van der Waals surface area contributed by atoms with Gasteiger partial charge in [0.05, 0.1) is 18.2 Å². The minimum absolute atomic E-state index is 0.617. The molecule has 0 unspecified atom stereocenters. The van der Waals surface area contributed by atoms with E-state index in [4.69, 9.17) is 10.00 Å². The Balaban J connectivity index is 1.73. The molecule has 0 aliphatic heterocycles. The predicted octanol–water partition coefficient (Wildman–Crippen LogP) is 1.62.